The van der Waals surface area contributed by atoms with Crippen LogP contribution in [-0.2, 0) is 0 Å². The fraction of sp³-hybridized carbons (Fsp3) is 0.333. The molecule has 1 aromatic heterocycles. The minimum Gasteiger partial charge on any atom is -0.377 e. The molecule has 0 unspecified atom stereocenters. The van der Waals surface area contributed by atoms with Crippen molar-refractivity contribution < 1.29 is 0 Å². The van der Waals surface area contributed by atoms with Crippen LogP contribution in [0.3, 0.4) is 0 Å². The van der Waals surface area contributed by atoms with Crippen LogP contribution in [0, 0.1) is 6.92 Å². The monoisotopic (exact) mass is 357 g/mol. The Kier molecular flexibility index (Phi) is 8.36. The molecule has 3 aromatic rings. The molecule has 0 N–H and O–H groups in total. The van der Waals surface area contributed by atoms with Crippen molar-refractivity contribution in [3.63, 3.8) is 0 Å². The van der Waals surface area contributed by atoms with Gasteiger partial charge in [0, 0.05) is 42.8 Å². The van der Waals surface area contributed by atoms with E-state index in [0.717, 1.165) is 22.2 Å². The minimum atomic E-state index is 0.671. The van der Waals surface area contributed by atoms with E-state index in [4.69, 9.17) is 11.6 Å². The Labute approximate surface area is 156 Å². The van der Waals surface area contributed by atoms with Gasteiger partial charge in [-0.25, -0.2) is 0 Å². The van der Waals surface area contributed by atoms with E-state index in [0.29, 0.717) is 5.02 Å². The van der Waals surface area contributed by atoms with E-state index in [1.54, 1.807) is 12.4 Å². The van der Waals surface area contributed by atoms with E-state index in [2.05, 4.69) is 40.0 Å². The van der Waals surface area contributed by atoms with Crippen LogP contribution in [0.25, 0.3) is 22.2 Å². The molecule has 0 aliphatic heterocycles. The Morgan fingerprint density at radius 1 is 0.880 bits per heavy atom. The topological polar surface area (TPSA) is 29.0 Å². The molecule has 1 heterocycles. The molecule has 3 nitrogen and oxygen atoms in total. The molecule has 0 saturated carbocycles. The summed E-state index contributed by atoms with van der Waals surface area (Å²) in [6, 6.07) is 10.2. The van der Waals surface area contributed by atoms with Gasteiger partial charge in [0.15, 0.2) is 0 Å². The molecular weight excluding hydrogens is 330 g/mol. The lowest BCUT2D eigenvalue weighted by Crippen LogP contribution is -2.10. The second-order valence-corrected chi connectivity index (χ2v) is 5.71. The number of rotatable bonds is 2. The molecular formula is C21H28ClN3. The predicted molar refractivity (Wildman–Crippen MR) is 112 cm³/mol. The Morgan fingerprint density at radius 2 is 1.52 bits per heavy atom. The third kappa shape index (κ3) is 4.93. The number of fused-ring (bicyclic) bond motifs is 1. The van der Waals surface area contributed by atoms with Crippen LogP contribution in [0.5, 0.6) is 0 Å². The largest absolute Gasteiger partial charge is 0.377 e. The smallest absolute Gasteiger partial charge is 0.0966 e. The van der Waals surface area contributed by atoms with E-state index in [1.807, 2.05) is 53.9 Å². The van der Waals surface area contributed by atoms with Gasteiger partial charge in [0.1, 0.15) is 0 Å². The number of hydrogen-bond donors (Lipinski definition) is 0. The Morgan fingerprint density at radius 3 is 2.16 bits per heavy atom. The molecule has 0 amide bonds. The lowest BCUT2D eigenvalue weighted by Gasteiger charge is -2.17. The zero-order chi connectivity index (χ0) is 19.0. The van der Waals surface area contributed by atoms with Crippen LogP contribution in [0.1, 0.15) is 33.3 Å². The summed E-state index contributed by atoms with van der Waals surface area (Å²) >= 11 is 6.23. The van der Waals surface area contributed by atoms with Crippen molar-refractivity contribution in [3.05, 3.63) is 53.3 Å². The summed E-state index contributed by atoms with van der Waals surface area (Å²) in [5, 5.41) is 0.671. The molecule has 0 bridgehead atoms. The predicted octanol–water partition coefficient (Wildman–Crippen LogP) is 6.38. The third-order valence-electron chi connectivity index (χ3n) is 3.54. The van der Waals surface area contributed by atoms with E-state index in [1.165, 1.54) is 11.3 Å². The zero-order valence-corrected chi connectivity index (χ0v) is 17.0. The number of aryl methyl sites for hydroxylation is 1. The highest BCUT2D eigenvalue weighted by Gasteiger charge is 2.10. The highest BCUT2D eigenvalue weighted by molar-refractivity contribution is 6.31. The number of hydrogen-bond acceptors (Lipinski definition) is 3. The summed E-state index contributed by atoms with van der Waals surface area (Å²) in [6.45, 7) is 10.1. The molecule has 3 rings (SSSR count). The van der Waals surface area contributed by atoms with Crippen molar-refractivity contribution in [1.29, 1.82) is 0 Å². The minimum absolute atomic E-state index is 0.671. The van der Waals surface area contributed by atoms with E-state index in [-0.39, 0.29) is 0 Å². The standard InChI is InChI=1S/C17H16ClN3.2C2H6/c1-11-4-5-12(8-16(11)21(2)3)14-9-13(18)10-15-17(14)20-7-6-19-15;2*1-2/h4-10H,1-3H3;2*1-2H3. The van der Waals surface area contributed by atoms with Crippen LogP contribution in [-0.4, -0.2) is 24.1 Å². The van der Waals surface area contributed by atoms with Crippen LogP contribution < -0.4 is 4.90 Å². The summed E-state index contributed by atoms with van der Waals surface area (Å²) in [4.78, 5) is 10.9. The fourth-order valence-corrected chi connectivity index (χ4v) is 2.73. The maximum absolute atomic E-state index is 6.23. The van der Waals surface area contributed by atoms with Gasteiger partial charge in [0.05, 0.1) is 11.0 Å². The second-order valence-electron chi connectivity index (χ2n) is 5.27. The van der Waals surface area contributed by atoms with Crippen molar-refractivity contribution in [2.45, 2.75) is 34.6 Å². The van der Waals surface area contributed by atoms with E-state index < -0.39 is 0 Å². The average molecular weight is 358 g/mol. The molecule has 0 radical (unpaired) electrons. The highest BCUT2D eigenvalue weighted by atomic mass is 35.5. The van der Waals surface area contributed by atoms with Gasteiger partial charge >= 0.3 is 0 Å². The highest BCUT2D eigenvalue weighted by Crippen LogP contribution is 2.32. The summed E-state index contributed by atoms with van der Waals surface area (Å²) in [5.74, 6) is 0. The van der Waals surface area contributed by atoms with Gasteiger partial charge < -0.3 is 4.90 Å². The summed E-state index contributed by atoms with van der Waals surface area (Å²) in [7, 11) is 4.09. The molecule has 0 aliphatic carbocycles. The SMILES string of the molecule is CC.CC.Cc1ccc(-c2cc(Cl)cc3nccnc23)cc1N(C)C. The van der Waals surface area contributed by atoms with Crippen LogP contribution >= 0.6 is 11.6 Å². The van der Waals surface area contributed by atoms with Gasteiger partial charge in [-0.1, -0.05) is 51.4 Å². The Hall–Kier alpha value is -2.13. The summed E-state index contributed by atoms with van der Waals surface area (Å²) < 4.78 is 0. The molecule has 0 aliphatic rings. The fourth-order valence-electron chi connectivity index (χ4n) is 2.52. The van der Waals surface area contributed by atoms with Crippen molar-refractivity contribution in [2.75, 3.05) is 19.0 Å². The summed E-state index contributed by atoms with van der Waals surface area (Å²) in [6.07, 6.45) is 3.39. The van der Waals surface area contributed by atoms with Gasteiger partial charge in [-0.2, -0.15) is 0 Å². The van der Waals surface area contributed by atoms with Gasteiger partial charge in [-0.15, -0.1) is 0 Å². The number of benzene rings is 2. The van der Waals surface area contributed by atoms with Crippen molar-refractivity contribution in [1.82, 2.24) is 9.97 Å². The molecule has 0 saturated heterocycles. The van der Waals surface area contributed by atoms with Crippen molar-refractivity contribution >= 4 is 28.3 Å². The molecule has 2 aromatic carbocycles. The maximum Gasteiger partial charge on any atom is 0.0966 e. The number of nitrogens with zero attached hydrogens (tertiary/aromatic N) is 3. The van der Waals surface area contributed by atoms with Gasteiger partial charge in [-0.05, 0) is 36.2 Å². The molecule has 134 valence electrons. The van der Waals surface area contributed by atoms with E-state index >= 15 is 0 Å². The van der Waals surface area contributed by atoms with Crippen molar-refractivity contribution in [2.24, 2.45) is 0 Å². The quantitative estimate of drug-likeness (QED) is 0.533. The molecule has 0 fully saturated rings. The van der Waals surface area contributed by atoms with Gasteiger partial charge in [0.25, 0.3) is 0 Å². The van der Waals surface area contributed by atoms with Crippen LogP contribution in [0.15, 0.2) is 42.7 Å². The van der Waals surface area contributed by atoms with E-state index in [9.17, 15) is 0 Å². The number of anilines is 1. The Balaban J connectivity index is 0.000000730. The second kappa shape index (κ2) is 10.00. The Bertz CT molecular complexity index is 813. The zero-order valence-electron chi connectivity index (χ0n) is 16.3. The molecule has 0 spiro atoms. The first-order valence-corrected chi connectivity index (χ1v) is 9.12. The number of aromatic nitrogens is 2. The van der Waals surface area contributed by atoms with Crippen molar-refractivity contribution in [3.8, 4) is 11.1 Å². The maximum atomic E-state index is 6.23. The van der Waals surface area contributed by atoms with Gasteiger partial charge in [-0.3, -0.25) is 9.97 Å². The summed E-state index contributed by atoms with van der Waals surface area (Å²) in [5.41, 5.74) is 6.21. The van der Waals surface area contributed by atoms with Crippen LogP contribution in [0.4, 0.5) is 5.69 Å². The first-order chi connectivity index (χ1) is 12.1. The first kappa shape index (κ1) is 20.9. The number of halogens is 1. The molecule has 4 heteroatoms. The van der Waals surface area contributed by atoms with Gasteiger partial charge in [0.2, 0.25) is 0 Å². The third-order valence-corrected chi connectivity index (χ3v) is 3.76. The first-order valence-electron chi connectivity index (χ1n) is 8.75. The normalized spacial score (nSPS) is 9.60. The average Bonchev–Trinajstić information content (AvgIpc) is 2.64. The molecule has 0 atom stereocenters. The lowest BCUT2D eigenvalue weighted by molar-refractivity contribution is 1.11. The lowest BCUT2D eigenvalue weighted by atomic mass is 10.0. The molecule has 25 heavy (non-hydrogen) atoms. The van der Waals surface area contributed by atoms with Crippen LogP contribution in [0.2, 0.25) is 5.02 Å².